The number of aromatic amines is 1. The maximum absolute atomic E-state index is 13.8. The first-order valence-electron chi connectivity index (χ1n) is 7.69. The molecule has 3 rings (SSSR count). The van der Waals surface area contributed by atoms with Gasteiger partial charge in [-0.15, -0.1) is 0 Å². The Balaban J connectivity index is 1.78. The molecule has 1 aromatic heterocycles. The third kappa shape index (κ3) is 3.38. The lowest BCUT2D eigenvalue weighted by atomic mass is 9.91. The van der Waals surface area contributed by atoms with Crippen molar-refractivity contribution in [1.82, 2.24) is 20.3 Å². The highest BCUT2D eigenvalue weighted by Crippen LogP contribution is 2.35. The molecule has 2 heterocycles. The number of H-pyrrole nitrogens is 1. The number of halogens is 1. The van der Waals surface area contributed by atoms with Gasteiger partial charge in [-0.25, -0.2) is 4.39 Å². The zero-order valence-electron chi connectivity index (χ0n) is 13.3. The monoisotopic (exact) mass is 334 g/mol. The molecule has 7 nitrogen and oxygen atoms in total. The van der Waals surface area contributed by atoms with Crippen LogP contribution in [0.4, 0.5) is 4.39 Å². The van der Waals surface area contributed by atoms with Crippen molar-refractivity contribution in [1.29, 1.82) is 0 Å². The molecule has 1 fully saturated rings. The predicted octanol–water partition coefficient (Wildman–Crippen LogP) is 1.64. The molecule has 0 spiro atoms. The molecule has 1 aliphatic heterocycles. The number of hydrogen-bond acceptors (Lipinski definition) is 5. The Morgan fingerprint density at radius 2 is 2.33 bits per heavy atom. The smallest absolute Gasteiger partial charge is 0.303 e. The number of carbonyl (C=O) groups is 1. The minimum absolute atomic E-state index is 0.0144. The van der Waals surface area contributed by atoms with Crippen LogP contribution >= 0.6 is 0 Å². The van der Waals surface area contributed by atoms with Crippen LogP contribution in [0.3, 0.4) is 0 Å². The van der Waals surface area contributed by atoms with E-state index in [2.05, 4.69) is 20.3 Å². The van der Waals surface area contributed by atoms with Gasteiger partial charge >= 0.3 is 5.97 Å². The van der Waals surface area contributed by atoms with Gasteiger partial charge in [-0.2, -0.15) is 15.4 Å². The number of carboxylic acids is 1. The number of rotatable bonds is 6. The van der Waals surface area contributed by atoms with Crippen molar-refractivity contribution in [3.8, 4) is 5.75 Å². The fourth-order valence-corrected chi connectivity index (χ4v) is 3.39. The van der Waals surface area contributed by atoms with Crippen LogP contribution in [0.15, 0.2) is 24.4 Å². The lowest BCUT2D eigenvalue weighted by Gasteiger charge is -2.18. The van der Waals surface area contributed by atoms with Gasteiger partial charge in [0.15, 0.2) is 11.6 Å². The average molecular weight is 334 g/mol. The molecule has 0 saturated carbocycles. The summed E-state index contributed by atoms with van der Waals surface area (Å²) in [5, 5.41) is 19.6. The van der Waals surface area contributed by atoms with Crippen molar-refractivity contribution in [3.05, 3.63) is 41.5 Å². The van der Waals surface area contributed by atoms with Crippen molar-refractivity contribution in [3.63, 3.8) is 0 Å². The molecule has 0 unspecified atom stereocenters. The van der Waals surface area contributed by atoms with E-state index in [0.29, 0.717) is 19.6 Å². The summed E-state index contributed by atoms with van der Waals surface area (Å²) in [5.74, 6) is -1.08. The molecule has 0 aliphatic carbocycles. The highest BCUT2D eigenvalue weighted by atomic mass is 19.1. The first kappa shape index (κ1) is 16.4. The third-order valence-electron chi connectivity index (χ3n) is 4.41. The molecular formula is C16H19FN4O3. The van der Waals surface area contributed by atoms with E-state index < -0.39 is 11.8 Å². The van der Waals surface area contributed by atoms with Gasteiger partial charge in [0.25, 0.3) is 0 Å². The van der Waals surface area contributed by atoms with Gasteiger partial charge in [0, 0.05) is 31.1 Å². The van der Waals surface area contributed by atoms with E-state index in [-0.39, 0.29) is 24.0 Å². The summed E-state index contributed by atoms with van der Waals surface area (Å²) in [5.41, 5.74) is 1.50. The van der Waals surface area contributed by atoms with Crippen LogP contribution in [0.5, 0.6) is 5.75 Å². The van der Waals surface area contributed by atoms with E-state index in [0.717, 1.165) is 11.3 Å². The molecule has 24 heavy (non-hydrogen) atoms. The summed E-state index contributed by atoms with van der Waals surface area (Å²) >= 11 is 0. The maximum atomic E-state index is 13.8. The minimum atomic E-state index is -0.835. The molecule has 0 bridgehead atoms. The van der Waals surface area contributed by atoms with Gasteiger partial charge in [0.05, 0.1) is 25.4 Å². The molecule has 0 radical (unpaired) electrons. The van der Waals surface area contributed by atoms with E-state index in [9.17, 15) is 9.18 Å². The van der Waals surface area contributed by atoms with Gasteiger partial charge in [0.1, 0.15) is 0 Å². The van der Waals surface area contributed by atoms with Crippen LogP contribution in [-0.4, -0.2) is 51.6 Å². The molecule has 2 aromatic rings. The number of benzene rings is 1. The Hall–Kier alpha value is -2.48. The number of hydrogen-bond donors (Lipinski definition) is 2. The number of methoxy groups -OCH3 is 1. The van der Waals surface area contributed by atoms with Gasteiger partial charge in [-0.05, 0) is 12.0 Å². The fourth-order valence-electron chi connectivity index (χ4n) is 3.39. The van der Waals surface area contributed by atoms with Crippen LogP contribution in [0.1, 0.15) is 23.6 Å². The fraction of sp³-hybridized carbons (Fsp3) is 0.438. The van der Waals surface area contributed by atoms with Crippen molar-refractivity contribution in [2.75, 3.05) is 20.2 Å². The van der Waals surface area contributed by atoms with Crippen molar-refractivity contribution in [2.24, 2.45) is 5.92 Å². The number of nitrogens with zero attached hydrogens (tertiary/aromatic N) is 3. The van der Waals surface area contributed by atoms with Gasteiger partial charge in [0.2, 0.25) is 0 Å². The van der Waals surface area contributed by atoms with Crippen LogP contribution in [0.2, 0.25) is 0 Å². The second kappa shape index (κ2) is 6.96. The highest BCUT2D eigenvalue weighted by Gasteiger charge is 2.36. The Labute approximate surface area is 138 Å². The summed E-state index contributed by atoms with van der Waals surface area (Å²) in [7, 11) is 1.44. The SMILES string of the molecule is COc1c(F)cccc1CN1C[C@H](CC(=O)O)[C@H](c2cn[nH]n2)C1. The zero-order valence-corrected chi connectivity index (χ0v) is 13.3. The molecule has 128 valence electrons. The second-order valence-electron chi connectivity index (χ2n) is 5.99. The number of aromatic nitrogens is 3. The average Bonchev–Trinajstić information content (AvgIpc) is 3.16. The first-order valence-corrected chi connectivity index (χ1v) is 7.69. The van der Waals surface area contributed by atoms with Crippen LogP contribution in [-0.2, 0) is 11.3 Å². The Morgan fingerprint density at radius 1 is 1.50 bits per heavy atom. The van der Waals surface area contributed by atoms with E-state index in [1.807, 2.05) is 6.07 Å². The van der Waals surface area contributed by atoms with Gasteiger partial charge < -0.3 is 9.84 Å². The van der Waals surface area contributed by atoms with Crippen LogP contribution in [0.25, 0.3) is 0 Å². The van der Waals surface area contributed by atoms with E-state index in [1.54, 1.807) is 12.3 Å². The number of nitrogens with one attached hydrogen (secondary N) is 1. The highest BCUT2D eigenvalue weighted by molar-refractivity contribution is 5.67. The summed E-state index contributed by atoms with van der Waals surface area (Å²) < 4.78 is 19.0. The van der Waals surface area contributed by atoms with E-state index >= 15 is 0 Å². The van der Waals surface area contributed by atoms with Gasteiger partial charge in [-0.1, -0.05) is 12.1 Å². The molecular weight excluding hydrogens is 315 g/mol. The van der Waals surface area contributed by atoms with E-state index in [4.69, 9.17) is 9.84 Å². The summed E-state index contributed by atoms with van der Waals surface area (Å²) in [6, 6.07) is 4.82. The number of para-hydroxylation sites is 1. The second-order valence-corrected chi connectivity index (χ2v) is 5.99. The van der Waals surface area contributed by atoms with Crippen LogP contribution in [0, 0.1) is 11.7 Å². The summed E-state index contributed by atoms with van der Waals surface area (Å²) in [6.07, 6.45) is 1.69. The molecule has 8 heteroatoms. The minimum Gasteiger partial charge on any atom is -0.493 e. The standard InChI is InChI=1S/C16H19FN4O3/c1-24-16-10(3-2-4-13(16)17)7-21-8-11(5-15(22)23)12(9-21)14-6-18-20-19-14/h2-4,6,11-12H,5,7-9H2,1H3,(H,22,23)(H,18,19,20)/t11-,12+/m0/s1. The zero-order chi connectivity index (χ0) is 17.1. The molecule has 2 atom stereocenters. The number of ether oxygens (including phenoxy) is 1. The lowest BCUT2D eigenvalue weighted by Crippen LogP contribution is -2.21. The Bertz CT molecular complexity index is 707. The summed E-state index contributed by atoms with van der Waals surface area (Å²) in [6.45, 7) is 1.74. The van der Waals surface area contributed by atoms with Crippen molar-refractivity contribution < 1.29 is 19.0 Å². The van der Waals surface area contributed by atoms with Crippen molar-refractivity contribution >= 4 is 5.97 Å². The number of aliphatic carboxylic acids is 1. The molecule has 1 saturated heterocycles. The van der Waals surface area contributed by atoms with Crippen LogP contribution < -0.4 is 4.74 Å². The summed E-state index contributed by atoms with van der Waals surface area (Å²) in [4.78, 5) is 13.2. The molecule has 1 aromatic carbocycles. The number of carboxylic acid groups (broad SMARTS) is 1. The normalized spacial score (nSPS) is 21.1. The van der Waals surface area contributed by atoms with Gasteiger partial charge in [-0.3, -0.25) is 9.69 Å². The lowest BCUT2D eigenvalue weighted by molar-refractivity contribution is -0.138. The number of likely N-dealkylation sites (tertiary alicyclic amines) is 1. The molecule has 1 aliphatic rings. The Kier molecular flexibility index (Phi) is 4.75. The topological polar surface area (TPSA) is 91.3 Å². The Morgan fingerprint density at radius 3 is 3.00 bits per heavy atom. The van der Waals surface area contributed by atoms with E-state index in [1.165, 1.54) is 13.2 Å². The first-order chi connectivity index (χ1) is 11.6. The predicted molar refractivity (Wildman–Crippen MR) is 83.1 cm³/mol. The largest absolute Gasteiger partial charge is 0.493 e. The maximum Gasteiger partial charge on any atom is 0.303 e. The van der Waals surface area contributed by atoms with Crippen molar-refractivity contribution in [2.45, 2.75) is 18.9 Å². The molecule has 0 amide bonds. The quantitative estimate of drug-likeness (QED) is 0.834. The molecule has 2 N–H and O–H groups in total. The third-order valence-corrected chi connectivity index (χ3v) is 4.41.